The minimum absolute atomic E-state index is 0.257. The van der Waals surface area contributed by atoms with Gasteiger partial charge in [0, 0.05) is 5.02 Å². The molecule has 2 rings (SSSR count). The van der Waals surface area contributed by atoms with Gasteiger partial charge in [-0.2, -0.15) is 0 Å². The van der Waals surface area contributed by atoms with Gasteiger partial charge < -0.3 is 10.5 Å². The minimum Gasteiger partial charge on any atom is -0.495 e. The Morgan fingerprint density at radius 2 is 1.78 bits per heavy atom. The van der Waals surface area contributed by atoms with Crippen LogP contribution in [0.4, 0.5) is 0 Å². The first-order chi connectivity index (χ1) is 8.61. The van der Waals surface area contributed by atoms with Crippen LogP contribution in [0.15, 0.2) is 42.5 Å². The molecule has 2 aromatic rings. The van der Waals surface area contributed by atoms with Crippen molar-refractivity contribution in [2.24, 2.45) is 5.73 Å². The molecule has 0 heterocycles. The van der Waals surface area contributed by atoms with Crippen molar-refractivity contribution in [1.29, 1.82) is 0 Å². The SMILES string of the molecule is COc1ccc(C(N)c2cccc(Cl)c2)cc1Cl. The van der Waals surface area contributed by atoms with E-state index in [0.717, 1.165) is 11.1 Å². The molecule has 2 nitrogen and oxygen atoms in total. The van der Waals surface area contributed by atoms with Crippen LogP contribution >= 0.6 is 23.2 Å². The fourth-order valence-electron chi connectivity index (χ4n) is 1.77. The molecule has 0 aromatic heterocycles. The second-order valence-corrected chi connectivity index (χ2v) is 4.77. The summed E-state index contributed by atoms with van der Waals surface area (Å²) in [5.74, 6) is 0.638. The smallest absolute Gasteiger partial charge is 0.137 e. The molecule has 0 bridgehead atoms. The average molecular weight is 282 g/mol. The predicted molar refractivity (Wildman–Crippen MR) is 75.5 cm³/mol. The Hall–Kier alpha value is -1.22. The zero-order chi connectivity index (χ0) is 13.1. The molecule has 1 atom stereocenters. The molecule has 0 saturated heterocycles. The Morgan fingerprint density at radius 3 is 2.39 bits per heavy atom. The number of rotatable bonds is 3. The summed E-state index contributed by atoms with van der Waals surface area (Å²) in [4.78, 5) is 0. The number of halogens is 2. The number of hydrogen-bond donors (Lipinski definition) is 1. The minimum atomic E-state index is -0.257. The summed E-state index contributed by atoms with van der Waals surface area (Å²) in [5.41, 5.74) is 8.05. The number of methoxy groups -OCH3 is 1. The molecule has 0 aliphatic heterocycles. The first-order valence-electron chi connectivity index (χ1n) is 5.46. The number of benzene rings is 2. The van der Waals surface area contributed by atoms with Gasteiger partial charge in [-0.3, -0.25) is 0 Å². The number of nitrogens with two attached hydrogens (primary N) is 1. The van der Waals surface area contributed by atoms with E-state index >= 15 is 0 Å². The van der Waals surface area contributed by atoms with E-state index in [4.69, 9.17) is 33.7 Å². The Morgan fingerprint density at radius 1 is 1.06 bits per heavy atom. The number of hydrogen-bond acceptors (Lipinski definition) is 2. The molecule has 0 fully saturated rings. The summed E-state index contributed by atoms with van der Waals surface area (Å²) in [7, 11) is 1.58. The molecule has 0 radical (unpaired) electrons. The maximum Gasteiger partial charge on any atom is 0.137 e. The maximum atomic E-state index is 6.19. The van der Waals surface area contributed by atoms with Gasteiger partial charge in [-0.1, -0.05) is 41.4 Å². The molecule has 2 aromatic carbocycles. The molecular formula is C14H13Cl2NO. The van der Waals surface area contributed by atoms with E-state index in [0.29, 0.717) is 15.8 Å². The summed E-state index contributed by atoms with van der Waals surface area (Å²) >= 11 is 12.0. The van der Waals surface area contributed by atoms with Crippen molar-refractivity contribution < 1.29 is 4.74 Å². The Balaban J connectivity index is 2.34. The van der Waals surface area contributed by atoms with E-state index in [-0.39, 0.29) is 6.04 Å². The Kier molecular flexibility index (Phi) is 4.12. The molecule has 0 aliphatic carbocycles. The zero-order valence-electron chi connectivity index (χ0n) is 9.86. The molecular weight excluding hydrogens is 269 g/mol. The standard InChI is InChI=1S/C14H13Cl2NO/c1-18-13-6-5-10(8-12(13)16)14(17)9-3-2-4-11(15)7-9/h2-8,14H,17H2,1H3. The van der Waals surface area contributed by atoms with Gasteiger partial charge in [0.15, 0.2) is 0 Å². The Labute approximate surface area is 116 Å². The largest absolute Gasteiger partial charge is 0.495 e. The highest BCUT2D eigenvalue weighted by Gasteiger charge is 2.11. The Bertz CT molecular complexity index is 557. The summed E-state index contributed by atoms with van der Waals surface area (Å²) in [5, 5.41) is 1.22. The van der Waals surface area contributed by atoms with Crippen molar-refractivity contribution in [2.45, 2.75) is 6.04 Å². The van der Waals surface area contributed by atoms with Crippen LogP contribution in [0.1, 0.15) is 17.2 Å². The maximum absolute atomic E-state index is 6.19. The molecule has 0 saturated carbocycles. The van der Waals surface area contributed by atoms with Gasteiger partial charge >= 0.3 is 0 Å². The molecule has 0 spiro atoms. The summed E-state index contributed by atoms with van der Waals surface area (Å²) in [6, 6.07) is 12.7. The fourth-order valence-corrected chi connectivity index (χ4v) is 2.23. The van der Waals surface area contributed by atoms with Crippen molar-refractivity contribution in [2.75, 3.05) is 7.11 Å². The van der Waals surface area contributed by atoms with Crippen LogP contribution in [0.25, 0.3) is 0 Å². The van der Waals surface area contributed by atoms with Gasteiger partial charge in [0.1, 0.15) is 5.75 Å². The van der Waals surface area contributed by atoms with Gasteiger partial charge in [0.05, 0.1) is 18.2 Å². The lowest BCUT2D eigenvalue weighted by molar-refractivity contribution is 0.415. The van der Waals surface area contributed by atoms with Gasteiger partial charge in [0.2, 0.25) is 0 Å². The van der Waals surface area contributed by atoms with Crippen LogP contribution in [0, 0.1) is 0 Å². The van der Waals surface area contributed by atoms with E-state index in [1.165, 1.54) is 0 Å². The van der Waals surface area contributed by atoms with E-state index < -0.39 is 0 Å². The molecule has 0 amide bonds. The van der Waals surface area contributed by atoms with Gasteiger partial charge in [-0.05, 0) is 35.4 Å². The van der Waals surface area contributed by atoms with Crippen molar-refractivity contribution >= 4 is 23.2 Å². The normalized spacial score (nSPS) is 12.2. The topological polar surface area (TPSA) is 35.2 Å². The van der Waals surface area contributed by atoms with Crippen molar-refractivity contribution in [3.05, 3.63) is 63.6 Å². The van der Waals surface area contributed by atoms with Gasteiger partial charge in [0.25, 0.3) is 0 Å². The lowest BCUT2D eigenvalue weighted by Crippen LogP contribution is -2.11. The molecule has 18 heavy (non-hydrogen) atoms. The van der Waals surface area contributed by atoms with E-state index in [2.05, 4.69) is 0 Å². The highest BCUT2D eigenvalue weighted by molar-refractivity contribution is 6.32. The van der Waals surface area contributed by atoms with Gasteiger partial charge in [-0.15, -0.1) is 0 Å². The second kappa shape index (κ2) is 5.61. The molecule has 2 N–H and O–H groups in total. The summed E-state index contributed by atoms with van der Waals surface area (Å²) < 4.78 is 5.11. The highest BCUT2D eigenvalue weighted by Crippen LogP contribution is 2.29. The molecule has 94 valence electrons. The highest BCUT2D eigenvalue weighted by atomic mass is 35.5. The fraction of sp³-hybridized carbons (Fsp3) is 0.143. The lowest BCUT2D eigenvalue weighted by atomic mass is 10.00. The third kappa shape index (κ3) is 2.78. The third-order valence-corrected chi connectivity index (χ3v) is 3.27. The van der Waals surface area contributed by atoms with E-state index in [1.807, 2.05) is 42.5 Å². The molecule has 4 heteroatoms. The quantitative estimate of drug-likeness (QED) is 0.921. The molecule has 0 aliphatic rings. The number of ether oxygens (including phenoxy) is 1. The van der Waals surface area contributed by atoms with Crippen LogP contribution in [-0.2, 0) is 0 Å². The molecule has 1 unspecified atom stereocenters. The van der Waals surface area contributed by atoms with Crippen LogP contribution in [0.2, 0.25) is 10.0 Å². The summed E-state index contributed by atoms with van der Waals surface area (Å²) in [6.07, 6.45) is 0. The van der Waals surface area contributed by atoms with E-state index in [1.54, 1.807) is 7.11 Å². The zero-order valence-corrected chi connectivity index (χ0v) is 11.4. The predicted octanol–water partition coefficient (Wildman–Crippen LogP) is 4.05. The first-order valence-corrected chi connectivity index (χ1v) is 6.22. The summed E-state index contributed by atoms with van der Waals surface area (Å²) in [6.45, 7) is 0. The van der Waals surface area contributed by atoms with Gasteiger partial charge in [-0.25, -0.2) is 0 Å². The van der Waals surface area contributed by atoms with Crippen LogP contribution in [0.5, 0.6) is 5.75 Å². The third-order valence-electron chi connectivity index (χ3n) is 2.74. The van der Waals surface area contributed by atoms with Crippen molar-refractivity contribution in [3.63, 3.8) is 0 Å². The van der Waals surface area contributed by atoms with Crippen LogP contribution in [-0.4, -0.2) is 7.11 Å². The average Bonchev–Trinajstić information content (AvgIpc) is 2.37. The van der Waals surface area contributed by atoms with E-state index in [9.17, 15) is 0 Å². The first kappa shape index (κ1) is 13.2. The second-order valence-electron chi connectivity index (χ2n) is 3.93. The van der Waals surface area contributed by atoms with Crippen LogP contribution in [0.3, 0.4) is 0 Å². The lowest BCUT2D eigenvalue weighted by Gasteiger charge is -2.14. The monoisotopic (exact) mass is 281 g/mol. The van der Waals surface area contributed by atoms with Crippen LogP contribution < -0.4 is 10.5 Å². The van der Waals surface area contributed by atoms with Crippen molar-refractivity contribution in [3.8, 4) is 5.75 Å². The van der Waals surface area contributed by atoms with Crippen molar-refractivity contribution in [1.82, 2.24) is 0 Å².